The van der Waals surface area contributed by atoms with Gasteiger partial charge in [0.1, 0.15) is 0 Å². The Balaban J connectivity index is 0.000000173. The molecule has 0 aliphatic carbocycles. The van der Waals surface area contributed by atoms with Crippen LogP contribution >= 0.6 is 7.92 Å². The van der Waals surface area contributed by atoms with Gasteiger partial charge < -0.3 is 4.98 Å². The van der Waals surface area contributed by atoms with Gasteiger partial charge in [0.2, 0.25) is 0 Å². The van der Waals surface area contributed by atoms with Crippen LogP contribution in [0.2, 0.25) is 0 Å². The maximum atomic E-state index is 4.65. The van der Waals surface area contributed by atoms with E-state index in [0.29, 0.717) is 0 Å². The van der Waals surface area contributed by atoms with E-state index in [-0.39, 0.29) is 22.4 Å². The fourth-order valence-corrected chi connectivity index (χ4v) is 6.32. The largest absolute Gasteiger partial charge is 3.00 e. The Morgan fingerprint density at radius 2 is 0.763 bits per heavy atom. The van der Waals surface area contributed by atoms with E-state index in [2.05, 4.69) is 108 Å². The Morgan fingerprint density at radius 1 is 0.395 bits per heavy atom. The van der Waals surface area contributed by atoms with Gasteiger partial charge >= 0.3 is 22.4 Å². The third kappa shape index (κ3) is 7.25. The van der Waals surface area contributed by atoms with Gasteiger partial charge in [0.15, 0.2) is 0 Å². The van der Waals surface area contributed by atoms with Crippen molar-refractivity contribution < 1.29 is 22.4 Å². The zero-order valence-corrected chi connectivity index (χ0v) is 23.8. The van der Waals surface area contributed by atoms with E-state index in [1.54, 1.807) is 0 Å². The molecule has 1 aromatic heterocycles. The minimum atomic E-state index is -0.446. The summed E-state index contributed by atoms with van der Waals surface area (Å²) in [6.45, 7) is 0. The van der Waals surface area contributed by atoms with Crippen molar-refractivity contribution in [3.05, 3.63) is 170 Å². The van der Waals surface area contributed by atoms with Gasteiger partial charge in [-0.05, 0) is 35.2 Å². The van der Waals surface area contributed by atoms with Crippen molar-refractivity contribution in [3.8, 4) is 22.5 Å². The molecule has 0 radical (unpaired) electrons. The first-order valence-electron chi connectivity index (χ1n) is 12.2. The number of aromatic nitrogens is 1. The topological polar surface area (TPSA) is 12.9 Å². The fourth-order valence-electron chi connectivity index (χ4n) is 4.02. The quantitative estimate of drug-likeness (QED) is 0.104. The summed E-state index contributed by atoms with van der Waals surface area (Å²) in [5.41, 5.74) is 3.89. The van der Waals surface area contributed by atoms with Crippen LogP contribution in [-0.4, -0.2) is 4.98 Å². The maximum Gasteiger partial charge on any atom is 3.00 e. The molecule has 0 N–H and O–H groups in total. The molecule has 6 rings (SSSR count). The molecule has 0 saturated heterocycles. The van der Waals surface area contributed by atoms with Gasteiger partial charge in [0.05, 0.1) is 0 Å². The monoisotopic (exact) mass is 688 g/mol. The van der Waals surface area contributed by atoms with Crippen molar-refractivity contribution in [2.24, 2.45) is 0 Å². The van der Waals surface area contributed by atoms with Gasteiger partial charge in [0, 0.05) is 0 Å². The van der Waals surface area contributed by atoms with E-state index in [9.17, 15) is 0 Å². The first-order valence-corrected chi connectivity index (χ1v) is 13.6. The van der Waals surface area contributed by atoms with Crippen molar-refractivity contribution >= 4 is 23.8 Å². The minimum Gasteiger partial charge on any atom is -0.345 e. The number of hydrogen-bond acceptors (Lipinski definition) is 1. The van der Waals surface area contributed by atoms with Crippen LogP contribution in [0.15, 0.2) is 158 Å². The molecule has 1 nitrogen and oxygen atoms in total. The zero-order valence-electron chi connectivity index (χ0n) is 20.7. The molecule has 0 spiro atoms. The van der Waals surface area contributed by atoms with Crippen molar-refractivity contribution in [2.45, 2.75) is 0 Å². The third-order valence-electron chi connectivity index (χ3n) is 5.76. The Hall–Kier alpha value is -3.58. The standard InChI is InChI=1S/C18H15P.C17H11N.Au/c1-4-10-16(11-5-1)19(17-12-6-2-7-13-17)18-14-8-3-9-15-18;1-3-8-14(9-4-1)16-12-7-13-17(18-16)15-10-5-2-6-11-15;/h1-15H;1-8,10,12-13H;/q;-2;+3. The summed E-state index contributed by atoms with van der Waals surface area (Å²) in [5, 5.41) is 4.19. The molecule has 6 aromatic rings. The molecule has 3 heteroatoms. The van der Waals surface area contributed by atoms with E-state index in [1.165, 1.54) is 15.9 Å². The van der Waals surface area contributed by atoms with Crippen LogP contribution < -0.4 is 15.9 Å². The van der Waals surface area contributed by atoms with Crippen LogP contribution in [0.25, 0.3) is 22.5 Å². The van der Waals surface area contributed by atoms with Crippen LogP contribution in [0, 0.1) is 12.1 Å². The zero-order chi connectivity index (χ0) is 25.1. The second-order valence-corrected chi connectivity index (χ2v) is 10.5. The summed E-state index contributed by atoms with van der Waals surface area (Å²) < 4.78 is 0. The Bertz CT molecular complexity index is 1340. The maximum absolute atomic E-state index is 4.65. The average molecular weight is 689 g/mol. The van der Waals surface area contributed by atoms with Crippen LogP contribution in [0.1, 0.15) is 0 Å². The Labute approximate surface area is 242 Å². The van der Waals surface area contributed by atoms with Gasteiger partial charge in [-0.1, -0.05) is 109 Å². The first-order chi connectivity index (χ1) is 18.4. The van der Waals surface area contributed by atoms with E-state index >= 15 is 0 Å². The summed E-state index contributed by atoms with van der Waals surface area (Å²) in [4.78, 5) is 4.65. The van der Waals surface area contributed by atoms with Gasteiger partial charge in [-0.25, -0.2) is 0 Å². The molecule has 0 bridgehead atoms. The average Bonchev–Trinajstić information content (AvgIpc) is 3.00. The molecule has 38 heavy (non-hydrogen) atoms. The number of benzene rings is 5. The summed E-state index contributed by atoms with van der Waals surface area (Å²) in [5.74, 6) is 0. The molecule has 0 atom stereocenters. The predicted octanol–water partition coefficient (Wildman–Crippen LogP) is 7.46. The Morgan fingerprint density at radius 3 is 1.11 bits per heavy atom. The van der Waals surface area contributed by atoms with Crippen LogP contribution in [-0.2, 0) is 22.4 Å². The number of rotatable bonds is 5. The third-order valence-corrected chi connectivity index (χ3v) is 8.21. The van der Waals surface area contributed by atoms with Crippen LogP contribution in [0.4, 0.5) is 0 Å². The fraction of sp³-hybridized carbons (Fsp3) is 0. The molecular formula is C35H26AuNP+. The molecular weight excluding hydrogens is 662 g/mol. The second kappa shape index (κ2) is 14.4. The van der Waals surface area contributed by atoms with E-state index in [4.69, 9.17) is 0 Å². The summed E-state index contributed by atoms with van der Waals surface area (Å²) in [7, 11) is -0.446. The molecule has 0 amide bonds. The SMILES string of the molecule is [Au+3].[c-]1ccccc1-c1cccc(-c2[c-]cccc2)n1.c1ccc(P(c2ccccc2)c2ccccc2)cc1. The molecule has 5 aromatic carbocycles. The summed E-state index contributed by atoms with van der Waals surface area (Å²) >= 11 is 0. The van der Waals surface area contributed by atoms with Gasteiger partial charge in [-0.2, -0.15) is 0 Å². The molecule has 0 fully saturated rings. The number of pyridine rings is 1. The minimum absolute atomic E-state index is 0. The summed E-state index contributed by atoms with van der Waals surface area (Å²) in [6.07, 6.45) is 0. The van der Waals surface area contributed by atoms with Gasteiger partial charge in [-0.15, -0.1) is 71.8 Å². The smallest absolute Gasteiger partial charge is 0.345 e. The molecule has 0 aliphatic heterocycles. The number of nitrogens with zero attached hydrogens (tertiary/aromatic N) is 1. The second-order valence-electron chi connectivity index (χ2n) is 8.30. The van der Waals surface area contributed by atoms with E-state index in [0.717, 1.165) is 22.5 Å². The van der Waals surface area contributed by atoms with E-state index < -0.39 is 7.92 Å². The van der Waals surface area contributed by atoms with Gasteiger partial charge in [0.25, 0.3) is 0 Å². The number of hydrogen-bond donors (Lipinski definition) is 0. The van der Waals surface area contributed by atoms with E-state index in [1.807, 2.05) is 66.7 Å². The van der Waals surface area contributed by atoms with Crippen LogP contribution in [0.5, 0.6) is 0 Å². The van der Waals surface area contributed by atoms with Gasteiger partial charge in [-0.3, -0.25) is 0 Å². The molecule has 0 aliphatic rings. The van der Waals surface area contributed by atoms with Crippen molar-refractivity contribution in [3.63, 3.8) is 0 Å². The normalized spacial score (nSPS) is 10.1. The van der Waals surface area contributed by atoms with Crippen molar-refractivity contribution in [1.82, 2.24) is 4.98 Å². The Kier molecular flexibility index (Phi) is 10.4. The molecule has 1 heterocycles. The van der Waals surface area contributed by atoms with Crippen LogP contribution in [0.3, 0.4) is 0 Å². The van der Waals surface area contributed by atoms with Crippen molar-refractivity contribution in [2.75, 3.05) is 0 Å². The van der Waals surface area contributed by atoms with Crippen molar-refractivity contribution in [1.29, 1.82) is 0 Å². The predicted molar refractivity (Wildman–Crippen MR) is 158 cm³/mol. The molecule has 0 unspecified atom stereocenters. The first kappa shape index (κ1) is 27.5. The molecule has 0 saturated carbocycles. The summed E-state index contributed by atoms with van der Waals surface area (Å²) in [6, 6.07) is 60.5. The molecule has 186 valence electrons.